The molecule has 0 bridgehead atoms. The molecule has 1 aromatic carbocycles. The molecule has 0 aliphatic heterocycles. The Bertz CT molecular complexity index is 449. The van der Waals surface area contributed by atoms with Crippen LogP contribution >= 0.6 is 24.0 Å². The van der Waals surface area contributed by atoms with Gasteiger partial charge in [-0.1, -0.05) is 18.2 Å². The van der Waals surface area contributed by atoms with Crippen molar-refractivity contribution in [1.82, 2.24) is 10.6 Å². The summed E-state index contributed by atoms with van der Waals surface area (Å²) in [6.45, 7) is 4.92. The van der Waals surface area contributed by atoms with E-state index in [-0.39, 0.29) is 24.0 Å². The molecule has 0 amide bonds. The first-order valence-corrected chi connectivity index (χ1v) is 5.34. The van der Waals surface area contributed by atoms with Crippen molar-refractivity contribution in [2.75, 3.05) is 13.6 Å². The minimum absolute atomic E-state index is 0. The Kier molecular flexibility index (Phi) is 8.66. The Morgan fingerprint density at radius 3 is 2.89 bits per heavy atom. The van der Waals surface area contributed by atoms with Crippen LogP contribution in [0, 0.1) is 11.3 Å². The lowest BCUT2D eigenvalue weighted by molar-refractivity contribution is 0.847. The molecule has 5 heteroatoms. The second kappa shape index (κ2) is 9.48. The predicted molar refractivity (Wildman–Crippen MR) is 85.0 cm³/mol. The van der Waals surface area contributed by atoms with Crippen molar-refractivity contribution < 1.29 is 0 Å². The normalized spacial score (nSPS) is 9.89. The van der Waals surface area contributed by atoms with E-state index < -0.39 is 0 Å². The first-order chi connectivity index (χ1) is 8.30. The van der Waals surface area contributed by atoms with Crippen molar-refractivity contribution in [1.29, 1.82) is 5.26 Å². The van der Waals surface area contributed by atoms with Crippen molar-refractivity contribution in [3.63, 3.8) is 0 Å². The molecule has 0 radical (unpaired) electrons. The van der Waals surface area contributed by atoms with E-state index in [9.17, 15) is 0 Å². The highest BCUT2D eigenvalue weighted by molar-refractivity contribution is 14.0. The first-order valence-electron chi connectivity index (χ1n) is 5.34. The number of nitriles is 1. The van der Waals surface area contributed by atoms with Gasteiger partial charge >= 0.3 is 0 Å². The third kappa shape index (κ3) is 5.68. The van der Waals surface area contributed by atoms with Crippen LogP contribution in [0.1, 0.15) is 11.1 Å². The molecule has 0 atom stereocenters. The fourth-order valence-electron chi connectivity index (χ4n) is 1.33. The number of hydrogen-bond acceptors (Lipinski definition) is 2. The molecular formula is C13H17IN4. The Morgan fingerprint density at radius 1 is 1.50 bits per heavy atom. The standard InChI is InChI=1S/C13H16N4.HI/c1-3-7-16-13(15-2)17-10-12-6-4-5-11(8-12)9-14;/h3-6,8H,1,7,10H2,2H3,(H2,15,16,17);1H. The summed E-state index contributed by atoms with van der Waals surface area (Å²) in [6.07, 6.45) is 1.77. The number of halogens is 1. The number of aliphatic imine (C=N–C) groups is 1. The van der Waals surface area contributed by atoms with E-state index in [1.165, 1.54) is 0 Å². The summed E-state index contributed by atoms with van der Waals surface area (Å²) in [5, 5.41) is 15.0. The van der Waals surface area contributed by atoms with Crippen LogP contribution in [-0.4, -0.2) is 19.6 Å². The van der Waals surface area contributed by atoms with Crippen molar-refractivity contribution in [2.24, 2.45) is 4.99 Å². The molecule has 0 aromatic heterocycles. The number of benzene rings is 1. The maximum Gasteiger partial charge on any atom is 0.191 e. The van der Waals surface area contributed by atoms with Gasteiger partial charge in [0.15, 0.2) is 5.96 Å². The van der Waals surface area contributed by atoms with Gasteiger partial charge in [-0.25, -0.2) is 0 Å². The monoisotopic (exact) mass is 356 g/mol. The van der Waals surface area contributed by atoms with Gasteiger partial charge in [0.05, 0.1) is 11.6 Å². The van der Waals surface area contributed by atoms with Gasteiger partial charge in [0.1, 0.15) is 0 Å². The van der Waals surface area contributed by atoms with Gasteiger partial charge in [-0.05, 0) is 17.7 Å². The molecule has 1 aromatic rings. The quantitative estimate of drug-likeness (QED) is 0.376. The summed E-state index contributed by atoms with van der Waals surface area (Å²) in [4.78, 5) is 4.06. The smallest absolute Gasteiger partial charge is 0.191 e. The van der Waals surface area contributed by atoms with Gasteiger partial charge in [-0.2, -0.15) is 5.26 Å². The molecule has 0 heterocycles. The van der Waals surface area contributed by atoms with Gasteiger partial charge < -0.3 is 10.6 Å². The Hall–Kier alpha value is -1.55. The maximum atomic E-state index is 8.78. The van der Waals surface area contributed by atoms with E-state index in [4.69, 9.17) is 5.26 Å². The number of hydrogen-bond donors (Lipinski definition) is 2. The Balaban J connectivity index is 0.00000289. The minimum atomic E-state index is 0. The van der Waals surface area contributed by atoms with Crippen molar-refractivity contribution >= 4 is 29.9 Å². The van der Waals surface area contributed by atoms with Crippen molar-refractivity contribution in [3.8, 4) is 6.07 Å². The molecule has 96 valence electrons. The van der Waals surface area contributed by atoms with E-state index in [1.54, 1.807) is 19.2 Å². The van der Waals surface area contributed by atoms with Crippen molar-refractivity contribution in [2.45, 2.75) is 6.54 Å². The highest BCUT2D eigenvalue weighted by Gasteiger charge is 1.97. The average molecular weight is 356 g/mol. The van der Waals surface area contributed by atoms with Crippen LogP contribution in [0.15, 0.2) is 41.9 Å². The lowest BCUT2D eigenvalue weighted by Crippen LogP contribution is -2.36. The summed E-state index contributed by atoms with van der Waals surface area (Å²) in [6, 6.07) is 9.59. The average Bonchev–Trinajstić information content (AvgIpc) is 2.39. The van der Waals surface area contributed by atoms with Gasteiger partial charge in [0, 0.05) is 20.1 Å². The SMILES string of the molecule is C=CCNC(=NC)NCc1cccc(C#N)c1.I. The largest absolute Gasteiger partial charge is 0.353 e. The van der Waals surface area contributed by atoms with E-state index in [1.807, 2.05) is 18.2 Å². The van der Waals surface area contributed by atoms with Crippen molar-refractivity contribution in [3.05, 3.63) is 48.0 Å². The lowest BCUT2D eigenvalue weighted by Gasteiger charge is -2.10. The minimum Gasteiger partial charge on any atom is -0.353 e. The molecule has 0 aliphatic carbocycles. The zero-order chi connectivity index (χ0) is 12.5. The summed E-state index contributed by atoms with van der Waals surface area (Å²) in [5.41, 5.74) is 1.71. The van der Waals surface area contributed by atoms with Crippen LogP contribution in [-0.2, 0) is 6.54 Å². The summed E-state index contributed by atoms with van der Waals surface area (Å²) in [7, 11) is 1.71. The van der Waals surface area contributed by atoms with Crippen LogP contribution in [0.3, 0.4) is 0 Å². The Labute approximate surface area is 125 Å². The van der Waals surface area contributed by atoms with Gasteiger partial charge in [-0.15, -0.1) is 30.6 Å². The van der Waals surface area contributed by atoms with Crippen LogP contribution in [0.5, 0.6) is 0 Å². The van der Waals surface area contributed by atoms with E-state index >= 15 is 0 Å². The van der Waals surface area contributed by atoms with Crippen LogP contribution in [0.25, 0.3) is 0 Å². The third-order valence-electron chi connectivity index (χ3n) is 2.15. The molecule has 4 nitrogen and oxygen atoms in total. The van der Waals surface area contributed by atoms with Gasteiger partial charge in [0.25, 0.3) is 0 Å². The fraction of sp³-hybridized carbons (Fsp3) is 0.231. The zero-order valence-corrected chi connectivity index (χ0v) is 12.6. The van der Waals surface area contributed by atoms with E-state index in [0.717, 1.165) is 5.56 Å². The topological polar surface area (TPSA) is 60.2 Å². The number of nitrogens with one attached hydrogen (secondary N) is 2. The van der Waals surface area contributed by atoms with Gasteiger partial charge in [-0.3, -0.25) is 4.99 Å². The van der Waals surface area contributed by atoms with Gasteiger partial charge in [0.2, 0.25) is 0 Å². The molecule has 0 unspecified atom stereocenters. The predicted octanol–water partition coefficient (Wildman–Crippen LogP) is 2.03. The second-order valence-electron chi connectivity index (χ2n) is 3.41. The summed E-state index contributed by atoms with van der Waals surface area (Å²) >= 11 is 0. The highest BCUT2D eigenvalue weighted by atomic mass is 127. The molecule has 0 saturated heterocycles. The molecule has 1 rings (SSSR count). The molecule has 18 heavy (non-hydrogen) atoms. The molecule has 2 N–H and O–H groups in total. The summed E-state index contributed by atoms with van der Waals surface area (Å²) in [5.74, 6) is 0.715. The van der Waals surface area contributed by atoms with Crippen LogP contribution in [0.2, 0.25) is 0 Å². The van der Waals surface area contributed by atoms with Crippen LogP contribution < -0.4 is 10.6 Å². The highest BCUT2D eigenvalue weighted by Crippen LogP contribution is 2.03. The first kappa shape index (κ1) is 16.4. The zero-order valence-electron chi connectivity index (χ0n) is 10.3. The lowest BCUT2D eigenvalue weighted by atomic mass is 10.1. The molecule has 0 spiro atoms. The fourth-order valence-corrected chi connectivity index (χ4v) is 1.33. The summed E-state index contributed by atoms with van der Waals surface area (Å²) < 4.78 is 0. The second-order valence-corrected chi connectivity index (χ2v) is 3.41. The molecule has 0 saturated carbocycles. The van der Waals surface area contributed by atoms with Crippen LogP contribution in [0.4, 0.5) is 0 Å². The number of nitrogens with zero attached hydrogens (tertiary/aromatic N) is 2. The molecular weight excluding hydrogens is 339 g/mol. The third-order valence-corrected chi connectivity index (χ3v) is 2.15. The molecule has 0 aliphatic rings. The van der Waals surface area contributed by atoms with E-state index in [2.05, 4.69) is 28.3 Å². The Morgan fingerprint density at radius 2 is 2.28 bits per heavy atom. The van der Waals surface area contributed by atoms with E-state index in [0.29, 0.717) is 24.6 Å². The number of guanidine groups is 1. The number of rotatable bonds is 4. The molecule has 0 fully saturated rings. The maximum absolute atomic E-state index is 8.78.